The fraction of sp³-hybridized carbons (Fsp3) is 0.593. The summed E-state index contributed by atoms with van der Waals surface area (Å²) in [7, 11) is 0. The molecule has 7 nitrogen and oxygen atoms in total. The molecule has 182 valence electrons. The minimum atomic E-state index is -0.221. The smallest absolute Gasteiger partial charge is 0.253 e. The molecule has 2 fully saturated rings. The monoisotopic (exact) mass is 464 g/mol. The van der Waals surface area contributed by atoms with E-state index in [1.54, 1.807) is 4.90 Å². The van der Waals surface area contributed by atoms with Crippen LogP contribution in [0.4, 0.5) is 11.4 Å². The van der Waals surface area contributed by atoms with Crippen LogP contribution in [0.1, 0.15) is 74.6 Å². The van der Waals surface area contributed by atoms with E-state index in [0.717, 1.165) is 76.7 Å². The average molecular weight is 465 g/mol. The second-order valence-electron chi connectivity index (χ2n) is 10.0. The van der Waals surface area contributed by atoms with Crippen LogP contribution < -0.4 is 15.1 Å². The molecular weight excluding hydrogens is 428 g/mol. The van der Waals surface area contributed by atoms with E-state index < -0.39 is 0 Å². The maximum atomic E-state index is 13.5. The second kappa shape index (κ2) is 10.2. The number of nitrogens with one attached hydrogen (secondary N) is 1. The lowest BCUT2D eigenvalue weighted by Crippen LogP contribution is -2.57. The molecule has 3 aliphatic heterocycles. The Morgan fingerprint density at radius 2 is 1.79 bits per heavy atom. The third kappa shape index (κ3) is 4.70. The lowest BCUT2D eigenvalue weighted by Gasteiger charge is -2.45. The summed E-state index contributed by atoms with van der Waals surface area (Å²) in [6, 6.07) is 5.47. The van der Waals surface area contributed by atoms with Gasteiger partial charge in [0, 0.05) is 31.7 Å². The van der Waals surface area contributed by atoms with Crippen LogP contribution in [0.2, 0.25) is 0 Å². The van der Waals surface area contributed by atoms with Crippen molar-refractivity contribution in [2.75, 3.05) is 42.5 Å². The van der Waals surface area contributed by atoms with Crippen LogP contribution in [-0.2, 0) is 9.59 Å². The molecule has 0 aromatic heterocycles. The largest absolute Gasteiger partial charge is 0.358 e. The van der Waals surface area contributed by atoms with Gasteiger partial charge in [0.05, 0.1) is 11.4 Å². The van der Waals surface area contributed by atoms with Crippen LogP contribution >= 0.6 is 0 Å². The molecule has 1 N–H and O–H groups in total. The molecule has 7 heteroatoms. The quantitative estimate of drug-likeness (QED) is 0.653. The van der Waals surface area contributed by atoms with Gasteiger partial charge in [-0.25, -0.2) is 0 Å². The first-order valence-electron chi connectivity index (χ1n) is 13.1. The van der Waals surface area contributed by atoms with Crippen molar-refractivity contribution in [1.29, 1.82) is 0 Å². The van der Waals surface area contributed by atoms with Crippen molar-refractivity contribution in [2.24, 2.45) is 0 Å². The van der Waals surface area contributed by atoms with E-state index >= 15 is 0 Å². The van der Waals surface area contributed by atoms with Gasteiger partial charge in [0.15, 0.2) is 0 Å². The third-order valence-corrected chi connectivity index (χ3v) is 7.72. The molecule has 1 aliphatic carbocycles. The number of amides is 3. The summed E-state index contributed by atoms with van der Waals surface area (Å²) >= 11 is 0. The van der Waals surface area contributed by atoms with E-state index in [0.29, 0.717) is 17.8 Å². The molecule has 0 unspecified atom stereocenters. The Morgan fingerprint density at radius 3 is 2.59 bits per heavy atom. The standard InChI is InChI=1S/C27H36N4O3/c32-25(28-14-13-20-8-2-1-3-9-20)19-31-24-18-21(26(33)29-15-6-7-16-29)11-12-22(24)30-17-5-4-10-23(30)27(31)34/h8,11-12,18,23H,1-7,9-10,13-17,19H2,(H,28,32)/t23-/m1/s1. The van der Waals surface area contributed by atoms with Gasteiger partial charge in [-0.2, -0.15) is 0 Å². The molecule has 5 rings (SSSR count). The number of anilines is 2. The first-order valence-corrected chi connectivity index (χ1v) is 13.1. The van der Waals surface area contributed by atoms with Gasteiger partial charge in [-0.15, -0.1) is 0 Å². The number of rotatable bonds is 6. The molecular formula is C27H36N4O3. The topological polar surface area (TPSA) is 73.0 Å². The molecule has 0 radical (unpaired) electrons. The Labute approximate surface area is 202 Å². The van der Waals surface area contributed by atoms with E-state index in [2.05, 4.69) is 16.3 Å². The minimum Gasteiger partial charge on any atom is -0.358 e. The number of hydrogen-bond acceptors (Lipinski definition) is 4. The van der Waals surface area contributed by atoms with Gasteiger partial charge in [-0.1, -0.05) is 11.6 Å². The Morgan fingerprint density at radius 1 is 0.971 bits per heavy atom. The van der Waals surface area contributed by atoms with Gasteiger partial charge in [0.25, 0.3) is 5.91 Å². The first-order chi connectivity index (χ1) is 16.6. The van der Waals surface area contributed by atoms with Crippen LogP contribution in [0.5, 0.6) is 0 Å². The number of hydrogen-bond donors (Lipinski definition) is 1. The van der Waals surface area contributed by atoms with E-state index in [9.17, 15) is 14.4 Å². The van der Waals surface area contributed by atoms with Crippen LogP contribution in [0.25, 0.3) is 0 Å². The van der Waals surface area contributed by atoms with Crippen LogP contribution in [0, 0.1) is 0 Å². The van der Waals surface area contributed by atoms with Crippen LogP contribution in [0.3, 0.4) is 0 Å². The Hall–Kier alpha value is -2.83. The number of carbonyl (C=O) groups is 3. The summed E-state index contributed by atoms with van der Waals surface area (Å²) in [5, 5.41) is 3.02. The fourth-order valence-electron chi connectivity index (χ4n) is 5.85. The zero-order valence-corrected chi connectivity index (χ0v) is 20.1. The highest BCUT2D eigenvalue weighted by molar-refractivity contribution is 6.09. The Balaban J connectivity index is 1.34. The van der Waals surface area contributed by atoms with Gasteiger partial charge in [0.2, 0.25) is 11.8 Å². The number of piperidine rings is 1. The molecule has 3 heterocycles. The summed E-state index contributed by atoms with van der Waals surface area (Å²) in [4.78, 5) is 45.1. The maximum Gasteiger partial charge on any atom is 0.253 e. The van der Waals surface area contributed by atoms with Crippen molar-refractivity contribution in [3.05, 3.63) is 35.4 Å². The van der Waals surface area contributed by atoms with Crippen molar-refractivity contribution in [1.82, 2.24) is 10.2 Å². The summed E-state index contributed by atoms with van der Waals surface area (Å²) in [5.41, 5.74) is 3.67. The minimum absolute atomic E-state index is 0.00339. The summed E-state index contributed by atoms with van der Waals surface area (Å²) in [5.74, 6) is -0.155. The molecule has 3 amide bonds. The number of likely N-dealkylation sites (tertiary alicyclic amines) is 1. The molecule has 1 atom stereocenters. The molecule has 2 saturated heterocycles. The lowest BCUT2D eigenvalue weighted by molar-refractivity contribution is -0.124. The molecule has 4 aliphatic rings. The number of carbonyl (C=O) groups excluding carboxylic acids is 3. The number of allylic oxidation sites excluding steroid dienone is 1. The van der Waals surface area contributed by atoms with Crippen LogP contribution in [-0.4, -0.2) is 61.4 Å². The van der Waals surface area contributed by atoms with Gasteiger partial charge >= 0.3 is 0 Å². The zero-order valence-electron chi connectivity index (χ0n) is 20.1. The van der Waals surface area contributed by atoms with Crippen molar-refractivity contribution in [3.8, 4) is 0 Å². The highest BCUT2D eigenvalue weighted by Gasteiger charge is 2.40. The Kier molecular flexibility index (Phi) is 6.88. The fourth-order valence-corrected chi connectivity index (χ4v) is 5.85. The number of benzene rings is 1. The highest BCUT2D eigenvalue weighted by Crippen LogP contribution is 2.40. The summed E-state index contributed by atoms with van der Waals surface area (Å²) < 4.78 is 0. The summed E-state index contributed by atoms with van der Waals surface area (Å²) in [6.45, 7) is 2.99. The van der Waals surface area contributed by atoms with Crippen molar-refractivity contribution < 1.29 is 14.4 Å². The number of fused-ring (bicyclic) bond motifs is 3. The lowest BCUT2D eigenvalue weighted by atomic mass is 9.95. The van der Waals surface area contributed by atoms with Crippen molar-refractivity contribution in [2.45, 2.75) is 70.3 Å². The maximum absolute atomic E-state index is 13.5. The van der Waals surface area contributed by atoms with Gasteiger partial charge in [-0.3, -0.25) is 19.3 Å². The SMILES string of the molecule is O=C(CN1C(=O)[C@H]2CCCCN2c2ccc(C(=O)N3CCCC3)cc21)NCCC1=CCCCC1. The van der Waals surface area contributed by atoms with Gasteiger partial charge < -0.3 is 15.1 Å². The molecule has 1 aromatic carbocycles. The van der Waals surface area contributed by atoms with Crippen molar-refractivity contribution >= 4 is 29.1 Å². The Bertz CT molecular complexity index is 982. The molecule has 0 bridgehead atoms. The van der Waals surface area contributed by atoms with E-state index in [-0.39, 0.29) is 30.3 Å². The number of nitrogens with zero attached hydrogens (tertiary/aromatic N) is 3. The second-order valence-corrected chi connectivity index (χ2v) is 10.0. The van der Waals surface area contributed by atoms with E-state index in [1.165, 1.54) is 18.4 Å². The zero-order chi connectivity index (χ0) is 23.5. The molecule has 0 spiro atoms. The molecule has 0 saturated carbocycles. The van der Waals surface area contributed by atoms with Crippen LogP contribution in [0.15, 0.2) is 29.8 Å². The van der Waals surface area contributed by atoms with Crippen molar-refractivity contribution in [3.63, 3.8) is 0 Å². The first kappa shape index (κ1) is 22.9. The highest BCUT2D eigenvalue weighted by atomic mass is 16.2. The van der Waals surface area contributed by atoms with Gasteiger partial charge in [-0.05, 0) is 82.4 Å². The normalized spacial score (nSPS) is 22.2. The van der Waals surface area contributed by atoms with Gasteiger partial charge in [0.1, 0.15) is 12.6 Å². The average Bonchev–Trinajstić information content (AvgIpc) is 3.41. The molecule has 34 heavy (non-hydrogen) atoms. The molecule has 1 aromatic rings. The predicted octanol–water partition coefficient (Wildman–Crippen LogP) is 3.63. The van der Waals surface area contributed by atoms with E-state index in [4.69, 9.17) is 0 Å². The summed E-state index contributed by atoms with van der Waals surface area (Å²) in [6.07, 6.45) is 12.9. The third-order valence-electron chi connectivity index (χ3n) is 7.72. The van der Waals surface area contributed by atoms with E-state index in [1.807, 2.05) is 23.1 Å². The predicted molar refractivity (Wildman–Crippen MR) is 133 cm³/mol.